The van der Waals surface area contributed by atoms with Crippen LogP contribution in [0.4, 0.5) is 0 Å². The van der Waals surface area contributed by atoms with Crippen LogP contribution in [0.2, 0.25) is 0 Å². The summed E-state index contributed by atoms with van der Waals surface area (Å²) >= 11 is 0. The summed E-state index contributed by atoms with van der Waals surface area (Å²) in [5.74, 6) is 6.02. The second-order valence-electron chi connectivity index (χ2n) is 6.77. The van der Waals surface area contributed by atoms with Gasteiger partial charge in [0.15, 0.2) is 0 Å². The Kier molecular flexibility index (Phi) is 5.84. The van der Waals surface area contributed by atoms with Gasteiger partial charge in [-0.2, -0.15) is 0 Å². The van der Waals surface area contributed by atoms with Gasteiger partial charge in [-0.1, -0.05) is 32.9 Å². The molecule has 0 amide bonds. The molecule has 1 atom stereocenters. The van der Waals surface area contributed by atoms with Crippen LogP contribution in [0, 0.1) is 25.7 Å². The molecule has 0 aromatic heterocycles. The first kappa shape index (κ1) is 16.8. The molecule has 1 unspecified atom stereocenters. The monoisotopic (exact) mass is 271 g/mol. The van der Waals surface area contributed by atoms with Gasteiger partial charge in [-0.3, -0.25) is 0 Å². The van der Waals surface area contributed by atoms with Crippen molar-refractivity contribution in [2.24, 2.45) is 5.73 Å². The van der Waals surface area contributed by atoms with E-state index < -0.39 is 0 Å². The molecule has 0 aliphatic carbocycles. The number of aryl methyl sites for hydroxylation is 2. The molecule has 1 heteroatoms. The highest BCUT2D eigenvalue weighted by molar-refractivity contribution is 5.40. The maximum Gasteiger partial charge on any atom is 0.0103 e. The molecule has 20 heavy (non-hydrogen) atoms. The molecule has 2 N–H and O–H groups in total. The van der Waals surface area contributed by atoms with Crippen molar-refractivity contribution in [3.8, 4) is 11.8 Å². The molecular formula is C19H29N. The molecule has 0 fully saturated rings. The number of rotatable bonds is 4. The Morgan fingerprint density at radius 3 is 2.15 bits per heavy atom. The van der Waals surface area contributed by atoms with Crippen molar-refractivity contribution < 1.29 is 0 Å². The number of nitrogens with two attached hydrogens (primary N) is 1. The zero-order valence-corrected chi connectivity index (χ0v) is 13.9. The van der Waals surface area contributed by atoms with Gasteiger partial charge in [-0.25, -0.2) is 0 Å². The van der Waals surface area contributed by atoms with Gasteiger partial charge >= 0.3 is 0 Å². The van der Waals surface area contributed by atoms with Gasteiger partial charge in [0, 0.05) is 12.5 Å². The maximum atomic E-state index is 6.24. The lowest BCUT2D eigenvalue weighted by Gasteiger charge is -2.23. The highest BCUT2D eigenvalue weighted by atomic mass is 14.6. The molecule has 0 bridgehead atoms. The van der Waals surface area contributed by atoms with Crippen molar-refractivity contribution >= 4 is 0 Å². The molecule has 1 aromatic rings. The van der Waals surface area contributed by atoms with Crippen LogP contribution in [0.15, 0.2) is 12.1 Å². The van der Waals surface area contributed by atoms with E-state index >= 15 is 0 Å². The van der Waals surface area contributed by atoms with Crippen LogP contribution in [0.5, 0.6) is 0 Å². The Morgan fingerprint density at radius 1 is 1.15 bits per heavy atom. The molecule has 0 saturated heterocycles. The third kappa shape index (κ3) is 4.69. The Morgan fingerprint density at radius 2 is 1.70 bits per heavy atom. The molecule has 1 rings (SSSR count). The summed E-state index contributed by atoms with van der Waals surface area (Å²) in [6.07, 6.45) is 2.82. The fourth-order valence-electron chi connectivity index (χ4n) is 2.50. The van der Waals surface area contributed by atoms with Crippen LogP contribution in [0.1, 0.15) is 62.8 Å². The van der Waals surface area contributed by atoms with E-state index in [4.69, 9.17) is 5.73 Å². The largest absolute Gasteiger partial charge is 0.327 e. The van der Waals surface area contributed by atoms with E-state index in [-0.39, 0.29) is 11.5 Å². The van der Waals surface area contributed by atoms with Crippen LogP contribution >= 0.6 is 0 Å². The van der Waals surface area contributed by atoms with E-state index in [9.17, 15) is 0 Å². The molecule has 0 radical (unpaired) electrons. The third-order valence-electron chi connectivity index (χ3n) is 3.85. The molecule has 0 aliphatic rings. The predicted octanol–water partition coefficient (Wildman–Crippen LogP) is 4.27. The van der Waals surface area contributed by atoms with Crippen molar-refractivity contribution in [2.45, 2.75) is 72.3 Å². The van der Waals surface area contributed by atoms with E-state index in [0.717, 1.165) is 19.3 Å². The number of hydrogen-bond donors (Lipinski definition) is 1. The van der Waals surface area contributed by atoms with Crippen LogP contribution in [0.25, 0.3) is 0 Å². The first-order valence-corrected chi connectivity index (χ1v) is 7.51. The lowest BCUT2D eigenvalue weighted by molar-refractivity contribution is 0.586. The molecule has 0 saturated carbocycles. The summed E-state index contributed by atoms with van der Waals surface area (Å²) in [5, 5.41) is 0. The summed E-state index contributed by atoms with van der Waals surface area (Å²) < 4.78 is 0. The fourth-order valence-corrected chi connectivity index (χ4v) is 2.50. The Balaban J connectivity index is 2.88. The van der Waals surface area contributed by atoms with Crippen molar-refractivity contribution in [1.82, 2.24) is 0 Å². The molecule has 0 aliphatic heterocycles. The van der Waals surface area contributed by atoms with Crippen molar-refractivity contribution in [3.63, 3.8) is 0 Å². The van der Waals surface area contributed by atoms with E-state index in [1.54, 1.807) is 0 Å². The standard InChI is InChI=1S/C19H29N/c1-7-8-9-10-17(20)13-18-14(2)11-16(12-15(18)3)19(4,5)6/h11-12,17H,9-10,13,20H2,1-6H3. The quantitative estimate of drug-likeness (QED) is 0.813. The van der Waals surface area contributed by atoms with Gasteiger partial charge in [-0.15, -0.1) is 11.8 Å². The second-order valence-corrected chi connectivity index (χ2v) is 6.77. The molecule has 0 heterocycles. The molecular weight excluding hydrogens is 242 g/mol. The first-order valence-electron chi connectivity index (χ1n) is 7.51. The summed E-state index contributed by atoms with van der Waals surface area (Å²) in [5.41, 5.74) is 12.0. The molecule has 110 valence electrons. The van der Waals surface area contributed by atoms with E-state index in [2.05, 4.69) is 58.6 Å². The SMILES string of the molecule is CC#CCCC(N)Cc1c(C)cc(C(C)(C)C)cc1C. The van der Waals surface area contributed by atoms with Gasteiger partial charge in [0.2, 0.25) is 0 Å². The van der Waals surface area contributed by atoms with Crippen LogP contribution in [0.3, 0.4) is 0 Å². The van der Waals surface area contributed by atoms with E-state index in [0.29, 0.717) is 0 Å². The van der Waals surface area contributed by atoms with Crippen LogP contribution < -0.4 is 5.73 Å². The van der Waals surface area contributed by atoms with Crippen LogP contribution in [-0.4, -0.2) is 6.04 Å². The Hall–Kier alpha value is -1.26. The average Bonchev–Trinajstić information content (AvgIpc) is 2.32. The summed E-state index contributed by atoms with van der Waals surface area (Å²) in [7, 11) is 0. The number of benzene rings is 1. The minimum absolute atomic E-state index is 0.201. The van der Waals surface area contributed by atoms with Gasteiger partial charge in [0.25, 0.3) is 0 Å². The van der Waals surface area contributed by atoms with E-state index in [1.807, 2.05) is 6.92 Å². The normalized spacial score (nSPS) is 12.8. The highest BCUT2D eigenvalue weighted by Crippen LogP contribution is 2.27. The average molecular weight is 271 g/mol. The maximum absolute atomic E-state index is 6.24. The summed E-state index contributed by atoms with van der Waals surface area (Å²) in [4.78, 5) is 0. The molecule has 0 spiro atoms. The minimum atomic E-state index is 0.201. The minimum Gasteiger partial charge on any atom is -0.327 e. The lowest BCUT2D eigenvalue weighted by Crippen LogP contribution is -2.24. The van der Waals surface area contributed by atoms with Gasteiger partial charge < -0.3 is 5.73 Å². The van der Waals surface area contributed by atoms with Gasteiger partial charge in [0.1, 0.15) is 0 Å². The smallest absolute Gasteiger partial charge is 0.0103 e. The lowest BCUT2D eigenvalue weighted by atomic mass is 9.83. The topological polar surface area (TPSA) is 26.0 Å². The van der Waals surface area contributed by atoms with Crippen molar-refractivity contribution in [2.75, 3.05) is 0 Å². The van der Waals surface area contributed by atoms with Gasteiger partial charge in [-0.05, 0) is 61.3 Å². The predicted molar refractivity (Wildman–Crippen MR) is 89.0 cm³/mol. The summed E-state index contributed by atoms with van der Waals surface area (Å²) in [6, 6.07) is 4.84. The van der Waals surface area contributed by atoms with Crippen molar-refractivity contribution in [3.05, 3.63) is 34.4 Å². The van der Waals surface area contributed by atoms with Crippen molar-refractivity contribution in [1.29, 1.82) is 0 Å². The molecule has 1 aromatic carbocycles. The Bertz CT molecular complexity index is 486. The second kappa shape index (κ2) is 6.95. The summed E-state index contributed by atoms with van der Waals surface area (Å²) in [6.45, 7) is 13.1. The van der Waals surface area contributed by atoms with Crippen LogP contribution in [-0.2, 0) is 11.8 Å². The number of hydrogen-bond acceptors (Lipinski definition) is 1. The molecule has 1 nitrogen and oxygen atoms in total. The highest BCUT2D eigenvalue weighted by Gasteiger charge is 2.17. The Labute approximate surface area is 125 Å². The zero-order chi connectivity index (χ0) is 15.3. The fraction of sp³-hybridized carbons (Fsp3) is 0.579. The zero-order valence-electron chi connectivity index (χ0n) is 13.9. The third-order valence-corrected chi connectivity index (χ3v) is 3.85. The first-order chi connectivity index (χ1) is 9.25. The van der Waals surface area contributed by atoms with E-state index in [1.165, 1.54) is 22.3 Å². The van der Waals surface area contributed by atoms with Gasteiger partial charge in [0.05, 0.1) is 0 Å².